The van der Waals surface area contributed by atoms with Crippen molar-refractivity contribution in [2.75, 3.05) is 19.6 Å². The van der Waals surface area contributed by atoms with Crippen molar-refractivity contribution in [3.8, 4) is 0 Å². The second-order valence-electron chi connectivity index (χ2n) is 7.41. The van der Waals surface area contributed by atoms with Crippen LogP contribution in [0.5, 0.6) is 0 Å². The van der Waals surface area contributed by atoms with Crippen LogP contribution in [0.1, 0.15) is 33.3 Å². The van der Waals surface area contributed by atoms with Crippen LogP contribution in [0.2, 0.25) is 0 Å². The Kier molecular flexibility index (Phi) is 5.18. The van der Waals surface area contributed by atoms with E-state index >= 15 is 0 Å². The maximum Gasteiger partial charge on any atom is 0.514 e. The van der Waals surface area contributed by atoms with E-state index in [1.807, 2.05) is 58.0 Å². The van der Waals surface area contributed by atoms with Gasteiger partial charge in [-0.3, -0.25) is 4.90 Å². The Morgan fingerprint density at radius 1 is 1.29 bits per heavy atom. The summed E-state index contributed by atoms with van der Waals surface area (Å²) in [5.74, 6) is 0. The van der Waals surface area contributed by atoms with Gasteiger partial charge in [0.2, 0.25) is 0 Å². The number of rotatable bonds is 2. The van der Waals surface area contributed by atoms with E-state index < -0.39 is 11.6 Å². The molecule has 1 aliphatic heterocycles. The minimum Gasteiger partial charge on any atom is -0.445 e. The molecule has 1 aromatic carbocycles. The van der Waals surface area contributed by atoms with Crippen LogP contribution in [0.15, 0.2) is 30.3 Å². The zero-order valence-electron chi connectivity index (χ0n) is 14.9. The highest BCUT2D eigenvalue weighted by molar-refractivity contribution is 5.68. The molecule has 1 heterocycles. The molecular formula is C18H27N2O4+. The fourth-order valence-corrected chi connectivity index (χ4v) is 3.28. The first-order chi connectivity index (χ1) is 11.2. The van der Waals surface area contributed by atoms with Crippen molar-refractivity contribution >= 4 is 12.2 Å². The molecule has 6 heteroatoms. The number of carbonyl (C=O) groups is 2. The third-order valence-electron chi connectivity index (χ3n) is 4.92. The van der Waals surface area contributed by atoms with Gasteiger partial charge in [0.25, 0.3) is 0 Å². The van der Waals surface area contributed by atoms with Gasteiger partial charge in [0, 0.05) is 0 Å². The summed E-state index contributed by atoms with van der Waals surface area (Å²) < 4.78 is 5.34. The molecule has 24 heavy (non-hydrogen) atoms. The van der Waals surface area contributed by atoms with Gasteiger partial charge in [-0.15, -0.1) is 0 Å². The molecule has 6 nitrogen and oxygen atoms in total. The fourth-order valence-electron chi connectivity index (χ4n) is 3.28. The highest BCUT2D eigenvalue weighted by atomic mass is 16.6. The number of carbonyl (C=O) groups excluding carboxylic acids is 1. The Balaban J connectivity index is 2.02. The number of hydrogen-bond acceptors (Lipinski definition) is 3. The van der Waals surface area contributed by atoms with Gasteiger partial charge in [0.1, 0.15) is 25.2 Å². The molecular weight excluding hydrogens is 308 g/mol. The molecule has 0 aromatic heterocycles. The number of hydrogen-bond donors (Lipinski definition) is 1. The molecule has 1 unspecified atom stereocenters. The Bertz CT molecular complexity index is 597. The highest BCUT2D eigenvalue weighted by Gasteiger charge is 2.52. The number of benzene rings is 1. The van der Waals surface area contributed by atoms with E-state index in [9.17, 15) is 14.7 Å². The predicted molar refractivity (Wildman–Crippen MR) is 90.6 cm³/mol. The topological polar surface area (TPSA) is 66.8 Å². The van der Waals surface area contributed by atoms with Crippen LogP contribution in [-0.4, -0.2) is 57.9 Å². The van der Waals surface area contributed by atoms with Crippen molar-refractivity contribution in [1.29, 1.82) is 0 Å². The molecule has 2 amide bonds. The quantitative estimate of drug-likeness (QED) is 0.842. The molecule has 0 bridgehead atoms. The van der Waals surface area contributed by atoms with Gasteiger partial charge >= 0.3 is 12.2 Å². The molecule has 1 fully saturated rings. The van der Waals surface area contributed by atoms with Gasteiger partial charge in [-0.25, -0.2) is 9.28 Å². The second kappa shape index (κ2) is 6.81. The summed E-state index contributed by atoms with van der Waals surface area (Å²) >= 11 is 0. The van der Waals surface area contributed by atoms with E-state index in [2.05, 4.69) is 0 Å². The summed E-state index contributed by atoms with van der Waals surface area (Å²) in [6.07, 6.45) is -1.23. The summed E-state index contributed by atoms with van der Waals surface area (Å²) in [5, 5.41) is 9.76. The van der Waals surface area contributed by atoms with Crippen LogP contribution in [0.3, 0.4) is 0 Å². The summed E-state index contributed by atoms with van der Waals surface area (Å²) in [5.41, 5.74) is 0.501. The lowest BCUT2D eigenvalue weighted by Crippen LogP contribution is -2.72. The average molecular weight is 335 g/mol. The first kappa shape index (κ1) is 18.3. The number of quaternary nitrogens is 1. The molecule has 132 valence electrons. The van der Waals surface area contributed by atoms with Gasteiger partial charge in [-0.05, 0) is 33.3 Å². The molecule has 0 radical (unpaired) electrons. The van der Waals surface area contributed by atoms with Crippen molar-refractivity contribution < 1.29 is 23.9 Å². The van der Waals surface area contributed by atoms with Crippen LogP contribution in [0, 0.1) is 0 Å². The van der Waals surface area contributed by atoms with Gasteiger partial charge in [0.05, 0.1) is 12.6 Å². The smallest absolute Gasteiger partial charge is 0.445 e. The van der Waals surface area contributed by atoms with Gasteiger partial charge in [-0.1, -0.05) is 30.3 Å². The molecule has 2 atom stereocenters. The van der Waals surface area contributed by atoms with E-state index in [0.717, 1.165) is 5.56 Å². The van der Waals surface area contributed by atoms with Crippen LogP contribution in [0.25, 0.3) is 0 Å². The zero-order valence-corrected chi connectivity index (χ0v) is 14.9. The molecule has 1 saturated heterocycles. The van der Waals surface area contributed by atoms with Gasteiger partial charge in [0.15, 0.2) is 0 Å². The maximum atomic E-state index is 12.4. The Labute approximate surface area is 143 Å². The minimum absolute atomic E-state index is 0.0450. The molecule has 0 aliphatic carbocycles. The predicted octanol–water partition coefficient (Wildman–Crippen LogP) is 3.32. The van der Waals surface area contributed by atoms with Gasteiger partial charge in [-0.2, -0.15) is 4.79 Å². The van der Waals surface area contributed by atoms with E-state index in [4.69, 9.17) is 4.74 Å². The number of carboxylic acid groups (broad SMARTS) is 1. The minimum atomic E-state index is -0.841. The largest absolute Gasteiger partial charge is 0.514 e. The lowest BCUT2D eigenvalue weighted by molar-refractivity contribution is -0.909. The number of amides is 2. The van der Waals surface area contributed by atoms with Crippen LogP contribution in [-0.2, 0) is 11.3 Å². The molecule has 1 N–H and O–H groups in total. The normalized spacial score (nSPS) is 24.5. The SMILES string of the molecule is CC1C[N@+](C(=O)O)(C(C)(C)C)CCN1C(=O)OCc1ccccc1. The molecule has 0 spiro atoms. The Morgan fingerprint density at radius 2 is 1.92 bits per heavy atom. The molecule has 1 aliphatic rings. The van der Waals surface area contributed by atoms with Crippen molar-refractivity contribution in [3.05, 3.63) is 35.9 Å². The van der Waals surface area contributed by atoms with E-state index in [-0.39, 0.29) is 23.2 Å². The summed E-state index contributed by atoms with van der Waals surface area (Å²) in [6, 6.07) is 9.31. The average Bonchev–Trinajstić information content (AvgIpc) is 2.52. The molecule has 0 saturated carbocycles. The molecule has 1 aromatic rings. The zero-order chi connectivity index (χ0) is 18.0. The van der Waals surface area contributed by atoms with Crippen molar-refractivity contribution in [1.82, 2.24) is 4.90 Å². The van der Waals surface area contributed by atoms with E-state index in [1.54, 1.807) is 4.90 Å². The van der Waals surface area contributed by atoms with Crippen LogP contribution < -0.4 is 0 Å². The maximum absolute atomic E-state index is 12.4. The van der Waals surface area contributed by atoms with Gasteiger partial charge < -0.3 is 9.84 Å². The van der Waals surface area contributed by atoms with Crippen molar-refractivity contribution in [2.45, 2.75) is 45.9 Å². The number of nitrogens with zero attached hydrogens (tertiary/aromatic N) is 2. The molecule has 2 rings (SSSR count). The summed E-state index contributed by atoms with van der Waals surface area (Å²) in [4.78, 5) is 25.9. The third-order valence-corrected chi connectivity index (χ3v) is 4.92. The summed E-state index contributed by atoms with van der Waals surface area (Å²) in [7, 11) is 0. The standard InChI is InChI=1S/C18H26N2O4/c1-14-12-20(17(22)23,18(2,3)4)11-10-19(14)16(21)24-13-15-8-6-5-7-9-15/h5-9,14H,10-13H2,1-4H3/p+1/t14?,20-/m1/s1. The first-order valence-corrected chi connectivity index (χ1v) is 8.25. The fraction of sp³-hybridized carbons (Fsp3) is 0.556. The first-order valence-electron chi connectivity index (χ1n) is 8.25. The Hall–Kier alpha value is -2.08. The summed E-state index contributed by atoms with van der Waals surface area (Å²) in [6.45, 7) is 9.01. The monoisotopic (exact) mass is 335 g/mol. The number of ether oxygens (including phenoxy) is 1. The Morgan fingerprint density at radius 3 is 2.42 bits per heavy atom. The highest BCUT2D eigenvalue weighted by Crippen LogP contribution is 2.30. The van der Waals surface area contributed by atoms with Crippen molar-refractivity contribution in [2.24, 2.45) is 0 Å². The van der Waals surface area contributed by atoms with Crippen LogP contribution >= 0.6 is 0 Å². The van der Waals surface area contributed by atoms with Crippen molar-refractivity contribution in [3.63, 3.8) is 0 Å². The van der Waals surface area contributed by atoms with E-state index in [0.29, 0.717) is 19.6 Å². The lowest BCUT2D eigenvalue weighted by atomic mass is 9.98. The second-order valence-corrected chi connectivity index (χ2v) is 7.41. The third kappa shape index (κ3) is 3.53. The van der Waals surface area contributed by atoms with Crippen LogP contribution in [0.4, 0.5) is 9.59 Å². The number of piperazine rings is 1. The lowest BCUT2D eigenvalue weighted by Gasteiger charge is -2.50. The van der Waals surface area contributed by atoms with E-state index in [1.165, 1.54) is 0 Å².